The first kappa shape index (κ1) is 17.7. The van der Waals surface area contributed by atoms with Crippen LogP contribution in [-0.2, 0) is 9.53 Å². The zero-order chi connectivity index (χ0) is 13.7. The first-order chi connectivity index (χ1) is 9.09. The number of carbonyl (C=O) groups is 1. The maximum Gasteiger partial charge on any atom is 0.224 e. The van der Waals surface area contributed by atoms with Crippen molar-refractivity contribution in [2.45, 2.75) is 57.4 Å². The van der Waals surface area contributed by atoms with Crippen LogP contribution in [0.3, 0.4) is 0 Å². The molecule has 20 heavy (non-hydrogen) atoms. The maximum atomic E-state index is 12.2. The van der Waals surface area contributed by atoms with Gasteiger partial charge in [0.1, 0.15) is 0 Å². The van der Waals surface area contributed by atoms with E-state index >= 15 is 0 Å². The van der Waals surface area contributed by atoms with Crippen LogP contribution < -0.4 is 11.1 Å². The lowest BCUT2D eigenvalue weighted by Gasteiger charge is -2.37. The number of nitrogens with one attached hydrogen (secondary N) is 1. The smallest absolute Gasteiger partial charge is 0.224 e. The molecule has 0 aromatic heterocycles. The minimum Gasteiger partial charge on any atom is -0.381 e. The monoisotopic (exact) mass is 304 g/mol. The molecule has 1 saturated carbocycles. The normalized spacial score (nSPS) is 31.4. The highest BCUT2D eigenvalue weighted by Gasteiger charge is 2.37. The molecule has 2 atom stereocenters. The SMILES string of the molecule is CC1(N)CCCCC1C(=O)NCCC1CCOCC1.Cl. The molecular formula is C15H29ClN2O2. The van der Waals surface area contributed by atoms with Crippen LogP contribution in [0, 0.1) is 11.8 Å². The van der Waals surface area contributed by atoms with Gasteiger partial charge in [-0.3, -0.25) is 4.79 Å². The molecule has 3 N–H and O–H groups in total. The third kappa shape index (κ3) is 4.90. The molecule has 0 aromatic carbocycles. The summed E-state index contributed by atoms with van der Waals surface area (Å²) in [5, 5.41) is 3.10. The molecule has 5 heteroatoms. The van der Waals surface area contributed by atoms with Gasteiger partial charge in [-0.1, -0.05) is 12.8 Å². The van der Waals surface area contributed by atoms with Gasteiger partial charge >= 0.3 is 0 Å². The van der Waals surface area contributed by atoms with Crippen LogP contribution in [0.5, 0.6) is 0 Å². The molecule has 2 rings (SSSR count). The van der Waals surface area contributed by atoms with Gasteiger partial charge in [0.05, 0.1) is 5.92 Å². The summed E-state index contributed by atoms with van der Waals surface area (Å²) in [5.74, 6) is 0.873. The van der Waals surface area contributed by atoms with Crippen LogP contribution in [0.2, 0.25) is 0 Å². The maximum absolute atomic E-state index is 12.2. The van der Waals surface area contributed by atoms with Crippen molar-refractivity contribution in [3.8, 4) is 0 Å². The predicted octanol–water partition coefficient (Wildman–Crippen LogP) is 2.25. The average molecular weight is 305 g/mol. The Labute approximate surface area is 128 Å². The third-order valence-electron chi connectivity index (χ3n) is 4.76. The Morgan fingerprint density at radius 3 is 2.65 bits per heavy atom. The molecule has 4 nitrogen and oxygen atoms in total. The van der Waals surface area contributed by atoms with E-state index in [0.29, 0.717) is 5.92 Å². The second-order valence-corrected chi connectivity index (χ2v) is 6.44. The highest BCUT2D eigenvalue weighted by Crippen LogP contribution is 2.31. The van der Waals surface area contributed by atoms with Gasteiger partial charge in [0, 0.05) is 25.3 Å². The quantitative estimate of drug-likeness (QED) is 0.837. The lowest BCUT2D eigenvalue weighted by atomic mass is 9.74. The summed E-state index contributed by atoms with van der Waals surface area (Å²) in [5.41, 5.74) is 5.94. The van der Waals surface area contributed by atoms with E-state index in [0.717, 1.165) is 64.7 Å². The number of halogens is 1. The van der Waals surface area contributed by atoms with Crippen molar-refractivity contribution in [1.82, 2.24) is 5.32 Å². The van der Waals surface area contributed by atoms with Crippen LogP contribution in [0.15, 0.2) is 0 Å². The van der Waals surface area contributed by atoms with Gasteiger partial charge in [0.2, 0.25) is 5.91 Å². The molecule has 2 aliphatic rings. The summed E-state index contributed by atoms with van der Waals surface area (Å²) in [4.78, 5) is 12.2. The van der Waals surface area contributed by atoms with E-state index in [-0.39, 0.29) is 29.8 Å². The number of amides is 1. The lowest BCUT2D eigenvalue weighted by Crippen LogP contribution is -2.53. The topological polar surface area (TPSA) is 64.4 Å². The van der Waals surface area contributed by atoms with Crippen LogP contribution in [-0.4, -0.2) is 31.2 Å². The van der Waals surface area contributed by atoms with Gasteiger partial charge in [0.25, 0.3) is 0 Å². The van der Waals surface area contributed by atoms with Gasteiger partial charge in [-0.15, -0.1) is 12.4 Å². The Kier molecular flexibility index (Phi) is 7.27. The van der Waals surface area contributed by atoms with Crippen LogP contribution in [0.25, 0.3) is 0 Å². The Bertz CT molecular complexity index is 304. The molecule has 0 radical (unpaired) electrons. The summed E-state index contributed by atoms with van der Waals surface area (Å²) >= 11 is 0. The Morgan fingerprint density at radius 2 is 2.00 bits per heavy atom. The number of hydrogen-bond acceptors (Lipinski definition) is 3. The van der Waals surface area contributed by atoms with E-state index in [4.69, 9.17) is 10.5 Å². The highest BCUT2D eigenvalue weighted by molar-refractivity contribution is 5.85. The number of hydrogen-bond donors (Lipinski definition) is 2. The standard InChI is InChI=1S/C15H28N2O2.ClH/c1-15(16)8-3-2-4-13(15)14(18)17-9-5-12-6-10-19-11-7-12;/h12-13H,2-11,16H2,1H3,(H,17,18);1H. The Balaban J connectivity index is 0.00000200. The van der Waals surface area contributed by atoms with Crippen molar-refractivity contribution in [3.05, 3.63) is 0 Å². The molecular weight excluding hydrogens is 276 g/mol. The first-order valence-corrected chi connectivity index (χ1v) is 7.74. The molecule has 118 valence electrons. The van der Waals surface area contributed by atoms with Crippen molar-refractivity contribution in [2.24, 2.45) is 17.6 Å². The summed E-state index contributed by atoms with van der Waals surface area (Å²) in [6.07, 6.45) is 7.52. The fraction of sp³-hybridized carbons (Fsp3) is 0.933. The molecule has 1 amide bonds. The van der Waals surface area contributed by atoms with E-state index in [1.165, 1.54) is 0 Å². The molecule has 2 fully saturated rings. The van der Waals surface area contributed by atoms with Gasteiger partial charge in [-0.05, 0) is 44.9 Å². The van der Waals surface area contributed by atoms with Crippen molar-refractivity contribution in [1.29, 1.82) is 0 Å². The molecule has 1 aliphatic carbocycles. The second-order valence-electron chi connectivity index (χ2n) is 6.44. The summed E-state index contributed by atoms with van der Waals surface area (Å²) < 4.78 is 5.35. The van der Waals surface area contributed by atoms with E-state index in [2.05, 4.69) is 5.32 Å². The molecule has 1 saturated heterocycles. The van der Waals surface area contributed by atoms with E-state index < -0.39 is 0 Å². The van der Waals surface area contributed by atoms with Crippen molar-refractivity contribution in [3.63, 3.8) is 0 Å². The summed E-state index contributed by atoms with van der Waals surface area (Å²) in [6.45, 7) is 4.56. The van der Waals surface area contributed by atoms with E-state index in [1.807, 2.05) is 6.92 Å². The summed E-state index contributed by atoms with van der Waals surface area (Å²) in [7, 11) is 0. The van der Waals surface area contributed by atoms with Gasteiger partial charge < -0.3 is 15.8 Å². The number of rotatable bonds is 4. The van der Waals surface area contributed by atoms with Crippen molar-refractivity contribution < 1.29 is 9.53 Å². The Hall–Kier alpha value is -0.320. The van der Waals surface area contributed by atoms with Gasteiger partial charge in [-0.2, -0.15) is 0 Å². The lowest BCUT2D eigenvalue weighted by molar-refractivity contribution is -0.128. The zero-order valence-corrected chi connectivity index (χ0v) is 13.3. The molecule has 0 bridgehead atoms. The number of carbonyl (C=O) groups excluding carboxylic acids is 1. The van der Waals surface area contributed by atoms with Crippen LogP contribution in [0.4, 0.5) is 0 Å². The van der Waals surface area contributed by atoms with Crippen LogP contribution >= 0.6 is 12.4 Å². The van der Waals surface area contributed by atoms with Gasteiger partial charge in [-0.25, -0.2) is 0 Å². The minimum absolute atomic E-state index is 0. The Morgan fingerprint density at radius 1 is 1.30 bits per heavy atom. The predicted molar refractivity (Wildman–Crippen MR) is 83.0 cm³/mol. The number of nitrogens with two attached hydrogens (primary N) is 1. The van der Waals surface area contributed by atoms with Crippen LogP contribution in [0.1, 0.15) is 51.9 Å². The molecule has 2 unspecified atom stereocenters. The fourth-order valence-corrected chi connectivity index (χ4v) is 3.35. The summed E-state index contributed by atoms with van der Waals surface area (Å²) in [6, 6.07) is 0. The first-order valence-electron chi connectivity index (χ1n) is 7.74. The molecule has 1 aliphatic heterocycles. The molecule has 0 aromatic rings. The zero-order valence-electron chi connectivity index (χ0n) is 12.5. The van der Waals surface area contributed by atoms with E-state index in [9.17, 15) is 4.79 Å². The molecule has 0 spiro atoms. The number of ether oxygens (including phenoxy) is 1. The van der Waals surface area contributed by atoms with Gasteiger partial charge in [0.15, 0.2) is 0 Å². The largest absolute Gasteiger partial charge is 0.381 e. The fourth-order valence-electron chi connectivity index (χ4n) is 3.35. The van der Waals surface area contributed by atoms with Crippen molar-refractivity contribution in [2.75, 3.05) is 19.8 Å². The van der Waals surface area contributed by atoms with E-state index in [1.54, 1.807) is 0 Å². The minimum atomic E-state index is -0.318. The second kappa shape index (κ2) is 8.20. The molecule has 1 heterocycles. The average Bonchev–Trinajstić information content (AvgIpc) is 2.39. The van der Waals surface area contributed by atoms with Crippen molar-refractivity contribution >= 4 is 18.3 Å². The third-order valence-corrected chi connectivity index (χ3v) is 4.76. The highest BCUT2D eigenvalue weighted by atomic mass is 35.5.